The van der Waals surface area contributed by atoms with Crippen molar-refractivity contribution in [2.45, 2.75) is 43.4 Å². The molecule has 1 N–H and O–H groups in total. The maximum absolute atomic E-state index is 16.7. The highest BCUT2D eigenvalue weighted by Gasteiger charge is 2.49. The molecule has 4 aliphatic rings. The number of rotatable bonds is 9. The molecule has 4 aliphatic heterocycles. The van der Waals surface area contributed by atoms with Gasteiger partial charge in [0, 0.05) is 75.3 Å². The van der Waals surface area contributed by atoms with Crippen LogP contribution in [0.4, 0.5) is 23.8 Å². The van der Waals surface area contributed by atoms with E-state index in [1.54, 1.807) is 35.2 Å². The Bertz CT molecular complexity index is 2120. The van der Waals surface area contributed by atoms with Gasteiger partial charge in [-0.1, -0.05) is 41.9 Å². The van der Waals surface area contributed by atoms with Crippen LogP contribution in [0.1, 0.15) is 25.7 Å². The van der Waals surface area contributed by atoms with Crippen molar-refractivity contribution in [2.24, 2.45) is 5.92 Å². The minimum Gasteiger partial charge on any atom is -0.465 e. The molecule has 52 heavy (non-hydrogen) atoms. The van der Waals surface area contributed by atoms with Crippen LogP contribution in [0.2, 0.25) is 5.02 Å². The number of likely N-dealkylation sites (tertiary alicyclic amines) is 2. The van der Waals surface area contributed by atoms with Crippen LogP contribution >= 0.6 is 11.6 Å². The number of ether oxygens (including phenoxy) is 1. The SMILES string of the molecule is CN(CC1CN(C(=O)/C=C/[C@@H]2CCN2C(=O)O)C1)c1nc(OC[C@@]23CCCN2C[C@H](F)C3)nc2c(F)c(-c3cccc4ccc(F)c(Cl)c34)ncc12. The molecule has 0 radical (unpaired) electrons. The number of pyridine rings is 1. The number of alkyl halides is 1. The largest absolute Gasteiger partial charge is 0.465 e. The fourth-order valence-electron chi connectivity index (χ4n) is 8.20. The van der Waals surface area contributed by atoms with Crippen LogP contribution in [0.25, 0.3) is 32.9 Å². The summed E-state index contributed by atoms with van der Waals surface area (Å²) in [6.45, 7) is 3.17. The fraction of sp³-hybridized carbons (Fsp3) is 0.432. The zero-order valence-electron chi connectivity index (χ0n) is 28.4. The topological polar surface area (TPSA) is 115 Å². The molecule has 6 heterocycles. The summed E-state index contributed by atoms with van der Waals surface area (Å²) in [6, 6.07) is 7.60. The third-order valence-corrected chi connectivity index (χ3v) is 11.4. The molecule has 4 aromatic rings. The Morgan fingerprint density at radius 3 is 2.75 bits per heavy atom. The Labute approximate surface area is 302 Å². The molecule has 0 aliphatic carbocycles. The summed E-state index contributed by atoms with van der Waals surface area (Å²) in [6.07, 6.45) is 5.34. The second kappa shape index (κ2) is 13.4. The number of anilines is 1. The average Bonchev–Trinajstić information content (AvgIpc) is 3.61. The maximum atomic E-state index is 16.7. The molecule has 11 nitrogen and oxygen atoms in total. The molecule has 8 rings (SSSR count). The number of nitrogens with zero attached hydrogens (tertiary/aromatic N) is 7. The Kier molecular flexibility index (Phi) is 8.85. The average molecular weight is 736 g/mol. The summed E-state index contributed by atoms with van der Waals surface area (Å²) >= 11 is 6.40. The van der Waals surface area contributed by atoms with E-state index in [0.29, 0.717) is 73.1 Å². The Hall–Kier alpha value is -4.69. The normalized spacial score (nSPS) is 23.3. The first-order valence-electron chi connectivity index (χ1n) is 17.4. The highest BCUT2D eigenvalue weighted by atomic mass is 35.5. The van der Waals surface area contributed by atoms with Gasteiger partial charge in [-0.15, -0.1) is 0 Å². The van der Waals surface area contributed by atoms with Crippen molar-refractivity contribution in [2.75, 3.05) is 57.8 Å². The molecule has 2 aromatic heterocycles. The Morgan fingerprint density at radius 1 is 1.15 bits per heavy atom. The Balaban J connectivity index is 1.08. The van der Waals surface area contributed by atoms with E-state index < -0.39 is 29.4 Å². The summed E-state index contributed by atoms with van der Waals surface area (Å²) in [5.74, 6) is -1.12. The van der Waals surface area contributed by atoms with Crippen LogP contribution < -0.4 is 9.64 Å². The zero-order chi connectivity index (χ0) is 36.3. The molecule has 0 unspecified atom stereocenters. The summed E-state index contributed by atoms with van der Waals surface area (Å²) in [7, 11) is 1.81. The molecular formula is C37H37ClF3N7O4. The first-order valence-corrected chi connectivity index (χ1v) is 17.8. The number of halogens is 4. The summed E-state index contributed by atoms with van der Waals surface area (Å²) in [5.41, 5.74) is -0.274. The van der Waals surface area contributed by atoms with Crippen LogP contribution in [0.5, 0.6) is 6.01 Å². The summed E-state index contributed by atoms with van der Waals surface area (Å²) < 4.78 is 52.1. The lowest BCUT2D eigenvalue weighted by molar-refractivity contribution is -0.131. The molecule has 272 valence electrons. The number of fused-ring (bicyclic) bond motifs is 3. The lowest BCUT2D eigenvalue weighted by Gasteiger charge is -2.41. The number of aromatic nitrogens is 3. The van der Waals surface area contributed by atoms with E-state index in [1.807, 2.05) is 11.9 Å². The van der Waals surface area contributed by atoms with Crippen molar-refractivity contribution in [1.82, 2.24) is 29.7 Å². The van der Waals surface area contributed by atoms with Gasteiger partial charge in [0.25, 0.3) is 0 Å². The molecule has 2 aromatic carbocycles. The second-order valence-corrected chi connectivity index (χ2v) is 14.7. The van der Waals surface area contributed by atoms with Crippen molar-refractivity contribution in [3.8, 4) is 17.3 Å². The maximum Gasteiger partial charge on any atom is 0.407 e. The molecule has 2 amide bonds. The van der Waals surface area contributed by atoms with E-state index in [0.717, 1.165) is 19.4 Å². The molecule has 4 fully saturated rings. The predicted octanol–water partition coefficient (Wildman–Crippen LogP) is 5.93. The third-order valence-electron chi connectivity index (χ3n) is 11.0. The molecule has 0 bridgehead atoms. The number of carboxylic acid groups (broad SMARTS) is 1. The minimum atomic E-state index is -1.00. The highest BCUT2D eigenvalue weighted by molar-refractivity contribution is 6.36. The third kappa shape index (κ3) is 6.05. The van der Waals surface area contributed by atoms with Gasteiger partial charge in [-0.3, -0.25) is 14.7 Å². The molecule has 0 spiro atoms. The smallest absolute Gasteiger partial charge is 0.407 e. The van der Waals surface area contributed by atoms with Gasteiger partial charge in [0.2, 0.25) is 5.91 Å². The zero-order valence-corrected chi connectivity index (χ0v) is 29.2. The Morgan fingerprint density at radius 2 is 1.98 bits per heavy atom. The van der Waals surface area contributed by atoms with Gasteiger partial charge < -0.3 is 24.5 Å². The van der Waals surface area contributed by atoms with Crippen molar-refractivity contribution < 1.29 is 32.6 Å². The standard InChI is InChI=1S/C37H37ClF3N7O4/c1-45(16-21-17-46(18-21)28(49)9-7-24-10-13-48(24)36(50)51)34-26-15-42-32(25-5-2-4-22-6-8-27(40)30(38)29(22)25)31(41)33(26)43-35(44-34)52-20-37-11-3-12-47(37)19-23(39)14-37/h2,4-9,15,21,23-24H,3,10-14,16-20H2,1H3,(H,50,51)/b9-7+/t23-,24-,37+/m1/s1. The molecule has 15 heteroatoms. The van der Waals surface area contributed by atoms with Gasteiger partial charge in [0.1, 0.15) is 35.6 Å². The summed E-state index contributed by atoms with van der Waals surface area (Å²) in [5, 5.41) is 10.3. The predicted molar refractivity (Wildman–Crippen MR) is 189 cm³/mol. The van der Waals surface area contributed by atoms with Crippen LogP contribution in [-0.2, 0) is 4.79 Å². The van der Waals surface area contributed by atoms with Crippen molar-refractivity contribution in [3.63, 3.8) is 0 Å². The van der Waals surface area contributed by atoms with E-state index in [-0.39, 0.29) is 46.7 Å². The number of hydrogen-bond acceptors (Lipinski definition) is 8. The van der Waals surface area contributed by atoms with Crippen LogP contribution in [0.3, 0.4) is 0 Å². The quantitative estimate of drug-likeness (QED) is 0.209. The molecule has 3 atom stereocenters. The van der Waals surface area contributed by atoms with E-state index in [4.69, 9.17) is 21.3 Å². The summed E-state index contributed by atoms with van der Waals surface area (Å²) in [4.78, 5) is 44.7. The lowest BCUT2D eigenvalue weighted by atomic mass is 9.95. The van der Waals surface area contributed by atoms with Gasteiger partial charge in [0.05, 0.1) is 22.0 Å². The van der Waals surface area contributed by atoms with Crippen LogP contribution in [0, 0.1) is 17.6 Å². The van der Waals surface area contributed by atoms with E-state index in [1.165, 1.54) is 23.2 Å². The highest BCUT2D eigenvalue weighted by Crippen LogP contribution is 2.41. The lowest BCUT2D eigenvalue weighted by Crippen LogP contribution is -2.53. The minimum absolute atomic E-state index is 0.0427. The first-order chi connectivity index (χ1) is 25.0. The number of carbonyl (C=O) groups excluding carboxylic acids is 1. The van der Waals surface area contributed by atoms with Crippen molar-refractivity contribution in [3.05, 3.63) is 65.3 Å². The number of benzene rings is 2. The van der Waals surface area contributed by atoms with Gasteiger partial charge in [-0.05, 0) is 37.3 Å². The first kappa shape index (κ1) is 34.4. The molecule has 0 saturated carbocycles. The number of amides is 2. The van der Waals surface area contributed by atoms with Crippen LogP contribution in [0.15, 0.2) is 48.7 Å². The number of hydrogen-bond donors (Lipinski definition) is 1. The molecular weight excluding hydrogens is 699 g/mol. The monoisotopic (exact) mass is 735 g/mol. The van der Waals surface area contributed by atoms with Gasteiger partial charge in [-0.25, -0.2) is 18.0 Å². The van der Waals surface area contributed by atoms with Crippen molar-refractivity contribution >= 4 is 51.1 Å². The second-order valence-electron chi connectivity index (χ2n) is 14.3. The molecule has 4 saturated heterocycles. The van der Waals surface area contributed by atoms with Crippen LogP contribution in [-0.4, -0.2) is 117 Å². The van der Waals surface area contributed by atoms with Gasteiger partial charge in [0.15, 0.2) is 5.82 Å². The van der Waals surface area contributed by atoms with Gasteiger partial charge in [-0.2, -0.15) is 9.97 Å². The van der Waals surface area contributed by atoms with E-state index >= 15 is 4.39 Å². The van der Waals surface area contributed by atoms with Crippen molar-refractivity contribution in [1.29, 1.82) is 0 Å². The van der Waals surface area contributed by atoms with Gasteiger partial charge >= 0.3 is 12.1 Å². The number of carbonyl (C=O) groups is 2. The fourth-order valence-corrected chi connectivity index (χ4v) is 8.48. The van der Waals surface area contributed by atoms with E-state index in [9.17, 15) is 23.5 Å². The van der Waals surface area contributed by atoms with E-state index in [2.05, 4.69) is 14.9 Å².